The van der Waals surface area contributed by atoms with E-state index in [4.69, 9.17) is 5.73 Å². The van der Waals surface area contributed by atoms with Gasteiger partial charge in [0.1, 0.15) is 5.75 Å². The van der Waals surface area contributed by atoms with Crippen LogP contribution in [0.2, 0.25) is 0 Å². The largest absolute Gasteiger partial charge is 0.573 e. The number of nitrogens with two attached hydrogens (primary N) is 1. The van der Waals surface area contributed by atoms with Crippen molar-refractivity contribution < 1.29 is 17.9 Å². The topological polar surface area (TPSA) is 48.1 Å². The Morgan fingerprint density at radius 3 is 2.53 bits per heavy atom. The highest BCUT2D eigenvalue weighted by molar-refractivity contribution is 5.78. The minimum Gasteiger partial charge on any atom is -0.405 e. The Hall–Kier alpha value is -2.24. The van der Waals surface area contributed by atoms with Crippen molar-refractivity contribution in [3.63, 3.8) is 0 Å². The molecule has 0 unspecified atom stereocenters. The molecular formula is C13H11F3N2O. The van der Waals surface area contributed by atoms with Crippen LogP contribution in [0.1, 0.15) is 5.56 Å². The minimum absolute atomic E-state index is 0.209. The zero-order valence-electron chi connectivity index (χ0n) is 10.0. The number of pyridine rings is 1. The Morgan fingerprint density at radius 2 is 1.84 bits per heavy atom. The third-order valence-corrected chi connectivity index (χ3v) is 2.58. The van der Waals surface area contributed by atoms with E-state index < -0.39 is 6.36 Å². The Balaban J connectivity index is 2.54. The highest BCUT2D eigenvalue weighted by Gasteiger charge is 2.32. The molecule has 3 nitrogen and oxygen atoms in total. The van der Waals surface area contributed by atoms with E-state index in [0.29, 0.717) is 5.69 Å². The summed E-state index contributed by atoms with van der Waals surface area (Å²) in [6, 6.07) is 7.45. The number of nitrogens with zero attached hydrogens (tertiary/aromatic N) is 1. The van der Waals surface area contributed by atoms with Crippen LogP contribution in [-0.4, -0.2) is 11.3 Å². The van der Waals surface area contributed by atoms with Gasteiger partial charge in [0, 0.05) is 11.8 Å². The number of ether oxygens (including phenoxy) is 1. The molecule has 0 aliphatic rings. The molecule has 6 heteroatoms. The lowest BCUT2D eigenvalue weighted by atomic mass is 10.1. The maximum atomic E-state index is 12.3. The van der Waals surface area contributed by atoms with Gasteiger partial charge in [0.25, 0.3) is 0 Å². The first-order valence-corrected chi connectivity index (χ1v) is 5.45. The van der Waals surface area contributed by atoms with Gasteiger partial charge in [-0.1, -0.05) is 12.1 Å². The van der Waals surface area contributed by atoms with Crippen LogP contribution in [0.5, 0.6) is 5.75 Å². The molecule has 100 valence electrons. The quantitative estimate of drug-likeness (QED) is 0.906. The number of hydrogen-bond donors (Lipinski definition) is 1. The normalized spacial score (nSPS) is 11.4. The summed E-state index contributed by atoms with van der Waals surface area (Å²) >= 11 is 0. The second-order valence-electron chi connectivity index (χ2n) is 3.93. The van der Waals surface area contributed by atoms with E-state index in [1.54, 1.807) is 19.1 Å². The van der Waals surface area contributed by atoms with E-state index in [9.17, 15) is 13.2 Å². The molecule has 2 rings (SSSR count). The summed E-state index contributed by atoms with van der Waals surface area (Å²) in [4.78, 5) is 4.03. The molecule has 0 atom stereocenters. The number of hydrogen-bond acceptors (Lipinski definition) is 3. The van der Waals surface area contributed by atoms with Crippen LogP contribution in [0.25, 0.3) is 11.3 Å². The average Bonchev–Trinajstić information content (AvgIpc) is 2.32. The summed E-state index contributed by atoms with van der Waals surface area (Å²) in [5.41, 5.74) is 7.41. The Labute approximate surface area is 107 Å². The molecule has 19 heavy (non-hydrogen) atoms. The first-order chi connectivity index (χ1) is 8.88. The molecule has 2 N–H and O–H groups in total. The van der Waals surface area contributed by atoms with Crippen LogP contribution in [0.15, 0.2) is 36.5 Å². The number of anilines is 1. The lowest BCUT2D eigenvalue weighted by molar-refractivity contribution is -0.274. The SMILES string of the molecule is Cc1ccnc(-c2ccccc2OC(F)(F)F)c1N. The molecule has 1 aromatic carbocycles. The number of aromatic nitrogens is 1. The van der Waals surface area contributed by atoms with Gasteiger partial charge in [-0.3, -0.25) is 4.98 Å². The Morgan fingerprint density at radius 1 is 1.16 bits per heavy atom. The van der Waals surface area contributed by atoms with Crippen LogP contribution in [0.4, 0.5) is 18.9 Å². The molecular weight excluding hydrogens is 257 g/mol. The van der Waals surface area contributed by atoms with E-state index in [0.717, 1.165) is 5.56 Å². The molecule has 0 fully saturated rings. The third kappa shape index (κ3) is 2.96. The second-order valence-corrected chi connectivity index (χ2v) is 3.93. The molecule has 0 saturated heterocycles. The van der Waals surface area contributed by atoms with Crippen molar-refractivity contribution in [1.82, 2.24) is 4.98 Å². The van der Waals surface area contributed by atoms with Crippen molar-refractivity contribution in [2.45, 2.75) is 13.3 Å². The highest BCUT2D eigenvalue weighted by Crippen LogP contribution is 2.35. The number of aryl methyl sites for hydroxylation is 1. The van der Waals surface area contributed by atoms with Gasteiger partial charge in [-0.15, -0.1) is 13.2 Å². The van der Waals surface area contributed by atoms with Gasteiger partial charge in [0.05, 0.1) is 11.4 Å². The number of para-hydroxylation sites is 1. The van der Waals surface area contributed by atoms with Gasteiger partial charge < -0.3 is 10.5 Å². The van der Waals surface area contributed by atoms with Gasteiger partial charge in [-0.25, -0.2) is 0 Å². The van der Waals surface area contributed by atoms with Crippen LogP contribution in [-0.2, 0) is 0 Å². The van der Waals surface area contributed by atoms with Gasteiger partial charge in [0.15, 0.2) is 0 Å². The summed E-state index contributed by atoms with van der Waals surface area (Å²) in [6.45, 7) is 1.76. The standard InChI is InChI=1S/C13H11F3N2O/c1-8-6-7-18-12(11(8)17)9-4-2-3-5-10(9)19-13(14,15)16/h2-7H,17H2,1H3. The summed E-state index contributed by atoms with van der Waals surface area (Å²) in [5, 5.41) is 0. The van der Waals surface area contributed by atoms with Crippen molar-refractivity contribution in [1.29, 1.82) is 0 Å². The van der Waals surface area contributed by atoms with E-state index in [1.807, 2.05) is 0 Å². The molecule has 0 bridgehead atoms. The highest BCUT2D eigenvalue weighted by atomic mass is 19.4. The molecule has 0 amide bonds. The molecule has 1 heterocycles. The van der Waals surface area contributed by atoms with Crippen molar-refractivity contribution in [3.05, 3.63) is 42.1 Å². The molecule has 0 aliphatic carbocycles. The van der Waals surface area contributed by atoms with Crippen LogP contribution in [0.3, 0.4) is 0 Å². The lowest BCUT2D eigenvalue weighted by Crippen LogP contribution is -2.17. The predicted molar refractivity (Wildman–Crippen MR) is 65.5 cm³/mol. The molecule has 2 aromatic rings. The van der Waals surface area contributed by atoms with Crippen molar-refractivity contribution in [2.75, 3.05) is 5.73 Å². The number of alkyl halides is 3. The van der Waals surface area contributed by atoms with E-state index >= 15 is 0 Å². The number of nitrogen functional groups attached to an aromatic ring is 1. The van der Waals surface area contributed by atoms with Crippen molar-refractivity contribution in [3.8, 4) is 17.0 Å². The predicted octanol–water partition coefficient (Wildman–Crippen LogP) is 3.54. The summed E-state index contributed by atoms with van der Waals surface area (Å²) < 4.78 is 41.0. The smallest absolute Gasteiger partial charge is 0.405 e. The summed E-state index contributed by atoms with van der Waals surface area (Å²) in [6.07, 6.45) is -3.26. The summed E-state index contributed by atoms with van der Waals surface area (Å²) in [5.74, 6) is -0.320. The molecule has 0 saturated carbocycles. The first-order valence-electron chi connectivity index (χ1n) is 5.45. The van der Waals surface area contributed by atoms with Crippen molar-refractivity contribution in [2.24, 2.45) is 0 Å². The fraction of sp³-hybridized carbons (Fsp3) is 0.154. The van der Waals surface area contributed by atoms with Crippen molar-refractivity contribution >= 4 is 5.69 Å². The number of halogens is 3. The fourth-order valence-corrected chi connectivity index (χ4v) is 1.66. The molecule has 1 aromatic heterocycles. The van der Waals surface area contributed by atoms with Gasteiger partial charge >= 0.3 is 6.36 Å². The molecule has 0 spiro atoms. The van der Waals surface area contributed by atoms with Gasteiger partial charge in [-0.2, -0.15) is 0 Å². The zero-order valence-corrected chi connectivity index (χ0v) is 10.0. The Kier molecular flexibility index (Phi) is 3.33. The third-order valence-electron chi connectivity index (χ3n) is 2.58. The van der Waals surface area contributed by atoms with Gasteiger partial charge in [-0.05, 0) is 30.7 Å². The summed E-state index contributed by atoms with van der Waals surface area (Å²) in [7, 11) is 0. The number of benzene rings is 1. The van der Waals surface area contributed by atoms with Gasteiger partial charge in [0.2, 0.25) is 0 Å². The maximum Gasteiger partial charge on any atom is 0.573 e. The van der Waals surface area contributed by atoms with E-state index in [2.05, 4.69) is 9.72 Å². The molecule has 0 aliphatic heterocycles. The minimum atomic E-state index is -4.76. The number of rotatable bonds is 2. The van der Waals surface area contributed by atoms with Crippen LogP contribution >= 0.6 is 0 Å². The van der Waals surface area contributed by atoms with Crippen LogP contribution < -0.4 is 10.5 Å². The first kappa shape index (κ1) is 13.2. The maximum absolute atomic E-state index is 12.3. The van der Waals surface area contributed by atoms with E-state index in [1.165, 1.54) is 24.4 Å². The Bertz CT molecular complexity index is 597. The van der Waals surface area contributed by atoms with E-state index in [-0.39, 0.29) is 17.0 Å². The fourth-order valence-electron chi connectivity index (χ4n) is 1.66. The zero-order chi connectivity index (χ0) is 14.0. The second kappa shape index (κ2) is 4.79. The monoisotopic (exact) mass is 268 g/mol. The average molecular weight is 268 g/mol. The molecule has 0 radical (unpaired) electrons. The lowest BCUT2D eigenvalue weighted by Gasteiger charge is -2.14. The van der Waals surface area contributed by atoms with Crippen LogP contribution in [0, 0.1) is 6.92 Å².